The van der Waals surface area contributed by atoms with E-state index in [1.165, 1.54) is 17.4 Å². The predicted molar refractivity (Wildman–Crippen MR) is 97.5 cm³/mol. The number of amides is 1. The summed E-state index contributed by atoms with van der Waals surface area (Å²) in [6, 6.07) is 4.79. The first-order valence-electron chi connectivity index (χ1n) is 8.37. The standard InChI is InChI=1S/C17H20N2O5S2/c1-3-24-15(20)8-9-19-13-7-6-12(26(2,22)23)10-14(13)25-17(19)18-16(21)11-4-5-11/h6-7,10-11H,3-5,8-9H2,1-2H3. The first kappa shape index (κ1) is 18.8. The van der Waals surface area contributed by atoms with Crippen molar-refractivity contribution < 1.29 is 22.7 Å². The number of ether oxygens (including phenoxy) is 1. The fourth-order valence-corrected chi connectivity index (χ4v) is 4.36. The van der Waals surface area contributed by atoms with Gasteiger partial charge in [-0.25, -0.2) is 8.42 Å². The van der Waals surface area contributed by atoms with E-state index in [9.17, 15) is 18.0 Å². The fourth-order valence-electron chi connectivity index (χ4n) is 2.54. The highest BCUT2D eigenvalue weighted by Crippen LogP contribution is 2.30. The third-order valence-corrected chi connectivity index (χ3v) is 6.21. The summed E-state index contributed by atoms with van der Waals surface area (Å²) in [6.07, 6.45) is 3.01. The summed E-state index contributed by atoms with van der Waals surface area (Å²) in [5.41, 5.74) is 0.744. The molecule has 0 spiro atoms. The Morgan fingerprint density at radius 1 is 1.35 bits per heavy atom. The van der Waals surface area contributed by atoms with E-state index in [1.54, 1.807) is 23.6 Å². The molecule has 2 aromatic rings. The van der Waals surface area contributed by atoms with Gasteiger partial charge in [-0.1, -0.05) is 11.3 Å². The quantitative estimate of drug-likeness (QED) is 0.695. The highest BCUT2D eigenvalue weighted by Gasteiger charge is 2.29. The molecule has 0 aliphatic heterocycles. The van der Waals surface area contributed by atoms with Crippen LogP contribution in [0, 0.1) is 5.92 Å². The molecule has 9 heteroatoms. The van der Waals surface area contributed by atoms with Crippen molar-refractivity contribution >= 4 is 43.3 Å². The van der Waals surface area contributed by atoms with Gasteiger partial charge in [-0.05, 0) is 38.0 Å². The number of carbonyl (C=O) groups is 2. The van der Waals surface area contributed by atoms with Crippen LogP contribution in [0.5, 0.6) is 0 Å². The number of rotatable bonds is 6. The molecule has 3 rings (SSSR count). The summed E-state index contributed by atoms with van der Waals surface area (Å²) >= 11 is 1.25. The van der Waals surface area contributed by atoms with Crippen LogP contribution in [-0.2, 0) is 30.7 Å². The zero-order valence-corrected chi connectivity index (χ0v) is 16.2. The van der Waals surface area contributed by atoms with Crippen molar-refractivity contribution in [2.75, 3.05) is 12.9 Å². The van der Waals surface area contributed by atoms with Crippen molar-refractivity contribution in [2.45, 2.75) is 37.6 Å². The van der Waals surface area contributed by atoms with Gasteiger partial charge in [0.1, 0.15) is 0 Å². The van der Waals surface area contributed by atoms with E-state index < -0.39 is 9.84 Å². The summed E-state index contributed by atoms with van der Waals surface area (Å²) in [4.78, 5) is 28.7. The Morgan fingerprint density at radius 3 is 2.69 bits per heavy atom. The van der Waals surface area contributed by atoms with Gasteiger partial charge in [-0.2, -0.15) is 4.99 Å². The van der Waals surface area contributed by atoms with Gasteiger partial charge in [0.15, 0.2) is 14.6 Å². The Labute approximate surface area is 155 Å². The second-order valence-electron chi connectivity index (χ2n) is 6.22. The van der Waals surface area contributed by atoms with E-state index in [1.807, 2.05) is 0 Å². The van der Waals surface area contributed by atoms with E-state index >= 15 is 0 Å². The van der Waals surface area contributed by atoms with Crippen molar-refractivity contribution in [3.05, 3.63) is 23.0 Å². The number of carbonyl (C=O) groups excluding carboxylic acids is 2. The molecule has 26 heavy (non-hydrogen) atoms. The molecule has 1 aromatic carbocycles. The van der Waals surface area contributed by atoms with E-state index in [-0.39, 0.29) is 29.1 Å². The third-order valence-electron chi connectivity index (χ3n) is 4.06. The molecule has 0 saturated heterocycles. The number of esters is 1. The topological polar surface area (TPSA) is 94.8 Å². The normalized spacial score (nSPS) is 15.4. The lowest BCUT2D eigenvalue weighted by molar-refractivity contribution is -0.143. The van der Waals surface area contributed by atoms with Crippen molar-refractivity contribution in [2.24, 2.45) is 10.9 Å². The Hall–Kier alpha value is -2.00. The van der Waals surface area contributed by atoms with Crippen LogP contribution in [-0.4, -0.2) is 37.7 Å². The van der Waals surface area contributed by atoms with Crippen LogP contribution < -0.4 is 4.80 Å². The Morgan fingerprint density at radius 2 is 2.08 bits per heavy atom. The molecule has 1 aromatic heterocycles. The number of aromatic nitrogens is 1. The van der Waals surface area contributed by atoms with E-state index in [4.69, 9.17) is 4.74 Å². The average Bonchev–Trinajstić information content (AvgIpc) is 3.35. The summed E-state index contributed by atoms with van der Waals surface area (Å²) in [7, 11) is -3.33. The Balaban J connectivity index is 2.05. The second kappa shape index (κ2) is 7.32. The van der Waals surface area contributed by atoms with Gasteiger partial charge in [0.05, 0.1) is 28.1 Å². The smallest absolute Gasteiger partial charge is 0.307 e. The minimum atomic E-state index is -3.33. The second-order valence-corrected chi connectivity index (χ2v) is 9.24. The van der Waals surface area contributed by atoms with Crippen molar-refractivity contribution in [1.82, 2.24) is 4.57 Å². The monoisotopic (exact) mass is 396 g/mol. The molecule has 1 amide bonds. The molecule has 0 N–H and O–H groups in total. The molecule has 0 bridgehead atoms. The molecule has 1 aliphatic rings. The molecule has 1 fully saturated rings. The highest BCUT2D eigenvalue weighted by atomic mass is 32.2. The maximum Gasteiger partial charge on any atom is 0.307 e. The van der Waals surface area contributed by atoms with E-state index in [2.05, 4.69) is 4.99 Å². The Bertz CT molecular complexity index is 1030. The number of sulfone groups is 1. The molecular formula is C17H20N2O5S2. The molecule has 7 nitrogen and oxygen atoms in total. The van der Waals surface area contributed by atoms with Crippen LogP contribution in [0.25, 0.3) is 10.2 Å². The molecule has 0 atom stereocenters. The largest absolute Gasteiger partial charge is 0.466 e. The van der Waals surface area contributed by atoms with Crippen LogP contribution in [0.15, 0.2) is 28.1 Å². The fraction of sp³-hybridized carbons (Fsp3) is 0.471. The maximum absolute atomic E-state index is 12.1. The van der Waals surface area contributed by atoms with Crippen LogP contribution in [0.3, 0.4) is 0 Å². The SMILES string of the molecule is CCOC(=O)CCn1c(=NC(=O)C2CC2)sc2cc(S(C)(=O)=O)ccc21. The van der Waals surface area contributed by atoms with Gasteiger partial charge in [0.25, 0.3) is 5.91 Å². The number of benzene rings is 1. The van der Waals surface area contributed by atoms with Crippen molar-refractivity contribution in [3.8, 4) is 0 Å². The third kappa shape index (κ3) is 4.21. The number of nitrogens with zero attached hydrogens (tertiary/aromatic N) is 2. The van der Waals surface area contributed by atoms with Crippen LogP contribution in [0.2, 0.25) is 0 Å². The van der Waals surface area contributed by atoms with Crippen LogP contribution >= 0.6 is 11.3 Å². The van der Waals surface area contributed by atoms with Crippen LogP contribution in [0.4, 0.5) is 0 Å². The Kier molecular flexibility index (Phi) is 5.29. The van der Waals surface area contributed by atoms with E-state index in [0.717, 1.165) is 24.6 Å². The van der Waals surface area contributed by atoms with Gasteiger partial charge < -0.3 is 9.30 Å². The van der Waals surface area contributed by atoms with Crippen LogP contribution in [0.1, 0.15) is 26.2 Å². The zero-order chi connectivity index (χ0) is 18.9. The number of hydrogen-bond acceptors (Lipinski definition) is 6. The lowest BCUT2D eigenvalue weighted by atomic mass is 10.3. The lowest BCUT2D eigenvalue weighted by Crippen LogP contribution is -2.19. The minimum Gasteiger partial charge on any atom is -0.466 e. The number of fused-ring (bicyclic) bond motifs is 1. The first-order valence-corrected chi connectivity index (χ1v) is 11.1. The molecular weight excluding hydrogens is 376 g/mol. The summed E-state index contributed by atoms with van der Waals surface area (Å²) < 4.78 is 31.0. The lowest BCUT2D eigenvalue weighted by Gasteiger charge is -2.06. The van der Waals surface area contributed by atoms with Crippen molar-refractivity contribution in [1.29, 1.82) is 0 Å². The average molecular weight is 396 g/mol. The first-order chi connectivity index (χ1) is 12.3. The van der Waals surface area contributed by atoms with Gasteiger partial charge in [-0.15, -0.1) is 0 Å². The molecule has 0 radical (unpaired) electrons. The maximum atomic E-state index is 12.1. The van der Waals surface area contributed by atoms with Gasteiger partial charge >= 0.3 is 5.97 Å². The van der Waals surface area contributed by atoms with Gasteiger partial charge in [0, 0.05) is 18.7 Å². The van der Waals surface area contributed by atoms with Gasteiger partial charge in [-0.3, -0.25) is 9.59 Å². The molecule has 1 aliphatic carbocycles. The van der Waals surface area contributed by atoms with Crippen molar-refractivity contribution in [3.63, 3.8) is 0 Å². The predicted octanol–water partition coefficient (Wildman–Crippen LogP) is 1.90. The molecule has 140 valence electrons. The number of thiazole rings is 1. The highest BCUT2D eigenvalue weighted by molar-refractivity contribution is 7.90. The van der Waals surface area contributed by atoms with E-state index in [0.29, 0.717) is 22.7 Å². The summed E-state index contributed by atoms with van der Waals surface area (Å²) in [5, 5.41) is 0. The zero-order valence-electron chi connectivity index (χ0n) is 14.6. The number of hydrogen-bond donors (Lipinski definition) is 0. The molecule has 1 heterocycles. The number of aryl methyl sites for hydroxylation is 1. The summed E-state index contributed by atoms with van der Waals surface area (Å²) in [6.45, 7) is 2.36. The minimum absolute atomic E-state index is 0.00898. The van der Waals surface area contributed by atoms with Gasteiger partial charge in [0.2, 0.25) is 0 Å². The molecule has 1 saturated carbocycles. The summed E-state index contributed by atoms with van der Waals surface area (Å²) in [5.74, 6) is -0.498. The molecule has 0 unspecified atom stereocenters.